The highest BCUT2D eigenvalue weighted by atomic mass is 16.4. The SMILES string of the molecule is CN(Cc1ncc[nH]1)C(=O)NC1CCC(C(=O)O)CC1. The molecule has 1 heterocycles. The van der Waals surface area contributed by atoms with E-state index in [0.717, 1.165) is 18.7 Å². The molecule has 1 saturated carbocycles. The fraction of sp³-hybridized carbons (Fsp3) is 0.615. The van der Waals surface area contributed by atoms with Crippen LogP contribution < -0.4 is 5.32 Å². The molecule has 0 aromatic carbocycles. The molecule has 2 rings (SSSR count). The monoisotopic (exact) mass is 280 g/mol. The Hall–Kier alpha value is -2.05. The lowest BCUT2D eigenvalue weighted by Gasteiger charge is -2.28. The molecule has 7 nitrogen and oxygen atoms in total. The van der Waals surface area contributed by atoms with Gasteiger partial charge in [-0.1, -0.05) is 0 Å². The zero-order valence-electron chi connectivity index (χ0n) is 11.5. The van der Waals surface area contributed by atoms with E-state index in [2.05, 4.69) is 15.3 Å². The predicted octanol–water partition coefficient (Wildman–Crippen LogP) is 1.19. The number of carbonyl (C=O) groups excluding carboxylic acids is 1. The number of carbonyl (C=O) groups is 2. The van der Waals surface area contributed by atoms with Gasteiger partial charge in [0.05, 0.1) is 12.5 Å². The average Bonchev–Trinajstić information content (AvgIpc) is 2.92. The number of carboxylic acid groups (broad SMARTS) is 1. The summed E-state index contributed by atoms with van der Waals surface area (Å²) in [4.78, 5) is 31.4. The molecule has 0 atom stereocenters. The minimum Gasteiger partial charge on any atom is -0.481 e. The molecule has 1 aliphatic rings. The Kier molecular flexibility index (Phi) is 4.60. The van der Waals surface area contributed by atoms with Crippen LogP contribution in [0.3, 0.4) is 0 Å². The van der Waals surface area contributed by atoms with Crippen LogP contribution in [-0.4, -0.2) is 45.1 Å². The Morgan fingerprint density at radius 1 is 1.45 bits per heavy atom. The maximum atomic E-state index is 12.0. The molecule has 0 spiro atoms. The predicted molar refractivity (Wildman–Crippen MR) is 72.0 cm³/mol. The normalized spacial score (nSPS) is 22.2. The van der Waals surface area contributed by atoms with Gasteiger partial charge in [-0.15, -0.1) is 0 Å². The van der Waals surface area contributed by atoms with Crippen molar-refractivity contribution in [2.75, 3.05) is 7.05 Å². The number of nitrogens with one attached hydrogen (secondary N) is 2. The van der Waals surface area contributed by atoms with E-state index < -0.39 is 5.97 Å². The van der Waals surface area contributed by atoms with E-state index in [1.807, 2.05) is 0 Å². The number of H-pyrrole nitrogens is 1. The highest BCUT2D eigenvalue weighted by Crippen LogP contribution is 2.24. The Balaban J connectivity index is 1.76. The van der Waals surface area contributed by atoms with Crippen LogP contribution in [0.1, 0.15) is 31.5 Å². The van der Waals surface area contributed by atoms with Crippen LogP contribution in [0, 0.1) is 5.92 Å². The Morgan fingerprint density at radius 3 is 2.70 bits per heavy atom. The molecule has 1 aromatic rings. The van der Waals surface area contributed by atoms with E-state index in [-0.39, 0.29) is 18.0 Å². The number of nitrogens with zero attached hydrogens (tertiary/aromatic N) is 2. The molecule has 1 fully saturated rings. The summed E-state index contributed by atoms with van der Waals surface area (Å²) in [5.74, 6) is -0.258. The van der Waals surface area contributed by atoms with Crippen molar-refractivity contribution in [3.8, 4) is 0 Å². The van der Waals surface area contributed by atoms with E-state index in [1.165, 1.54) is 0 Å². The molecule has 110 valence electrons. The second-order valence-electron chi connectivity index (χ2n) is 5.23. The van der Waals surface area contributed by atoms with Gasteiger partial charge in [0.15, 0.2) is 0 Å². The first kappa shape index (κ1) is 14.4. The van der Waals surface area contributed by atoms with Crippen LogP contribution in [-0.2, 0) is 11.3 Å². The van der Waals surface area contributed by atoms with Gasteiger partial charge in [-0.05, 0) is 25.7 Å². The maximum absolute atomic E-state index is 12.0. The fourth-order valence-corrected chi connectivity index (χ4v) is 2.45. The zero-order chi connectivity index (χ0) is 14.5. The first-order chi connectivity index (χ1) is 9.56. The van der Waals surface area contributed by atoms with Crippen LogP contribution in [0.15, 0.2) is 12.4 Å². The number of imidazole rings is 1. The van der Waals surface area contributed by atoms with Crippen LogP contribution in [0.2, 0.25) is 0 Å². The lowest BCUT2D eigenvalue weighted by molar-refractivity contribution is -0.142. The maximum Gasteiger partial charge on any atom is 0.317 e. The Labute approximate surface area is 117 Å². The lowest BCUT2D eigenvalue weighted by atomic mass is 9.86. The number of aromatic amines is 1. The van der Waals surface area contributed by atoms with E-state index in [9.17, 15) is 9.59 Å². The third-order valence-corrected chi connectivity index (χ3v) is 3.69. The average molecular weight is 280 g/mol. The van der Waals surface area contributed by atoms with Gasteiger partial charge < -0.3 is 20.3 Å². The van der Waals surface area contributed by atoms with Gasteiger partial charge in [0.2, 0.25) is 0 Å². The molecule has 1 aromatic heterocycles. The van der Waals surface area contributed by atoms with Gasteiger partial charge >= 0.3 is 12.0 Å². The second-order valence-corrected chi connectivity index (χ2v) is 5.23. The second kappa shape index (κ2) is 6.40. The number of amides is 2. The van der Waals surface area contributed by atoms with Crippen LogP contribution in [0.25, 0.3) is 0 Å². The summed E-state index contributed by atoms with van der Waals surface area (Å²) in [6.45, 7) is 0.420. The van der Waals surface area contributed by atoms with E-state index in [0.29, 0.717) is 19.4 Å². The van der Waals surface area contributed by atoms with E-state index >= 15 is 0 Å². The molecular weight excluding hydrogens is 260 g/mol. The molecule has 3 N–H and O–H groups in total. The van der Waals surface area contributed by atoms with Gasteiger partial charge in [-0.25, -0.2) is 9.78 Å². The van der Waals surface area contributed by atoms with Crippen molar-refractivity contribution < 1.29 is 14.7 Å². The molecule has 0 radical (unpaired) electrons. The molecule has 0 saturated heterocycles. The smallest absolute Gasteiger partial charge is 0.317 e. The van der Waals surface area contributed by atoms with Crippen molar-refractivity contribution in [1.82, 2.24) is 20.2 Å². The summed E-state index contributed by atoms with van der Waals surface area (Å²) in [6, 6.07) is -0.0858. The van der Waals surface area contributed by atoms with Gasteiger partial charge in [0.1, 0.15) is 5.82 Å². The molecule has 0 bridgehead atoms. The molecule has 0 unspecified atom stereocenters. The largest absolute Gasteiger partial charge is 0.481 e. The van der Waals surface area contributed by atoms with Crippen LogP contribution in [0.5, 0.6) is 0 Å². The van der Waals surface area contributed by atoms with Crippen molar-refractivity contribution >= 4 is 12.0 Å². The standard InChI is InChI=1S/C13H20N4O3/c1-17(8-11-14-6-7-15-11)13(20)16-10-4-2-9(3-5-10)12(18)19/h6-7,9-10H,2-5,8H2,1H3,(H,14,15)(H,16,20)(H,18,19). The summed E-state index contributed by atoms with van der Waals surface area (Å²) in [5.41, 5.74) is 0. The molecule has 0 aliphatic heterocycles. The quantitative estimate of drug-likeness (QED) is 0.771. The Morgan fingerprint density at radius 2 is 2.15 bits per heavy atom. The van der Waals surface area contributed by atoms with Crippen LogP contribution >= 0.6 is 0 Å². The summed E-state index contributed by atoms with van der Waals surface area (Å²) >= 11 is 0. The molecular formula is C13H20N4O3. The van der Waals surface area contributed by atoms with E-state index in [4.69, 9.17) is 5.11 Å². The summed E-state index contributed by atoms with van der Waals surface area (Å²) in [7, 11) is 1.71. The minimum absolute atomic E-state index is 0.0668. The fourth-order valence-electron chi connectivity index (χ4n) is 2.45. The van der Waals surface area contributed by atoms with Crippen molar-refractivity contribution in [1.29, 1.82) is 0 Å². The van der Waals surface area contributed by atoms with Gasteiger partial charge in [-0.3, -0.25) is 4.79 Å². The molecule has 7 heteroatoms. The number of aliphatic carboxylic acids is 1. The van der Waals surface area contributed by atoms with Crippen molar-refractivity contribution in [2.24, 2.45) is 5.92 Å². The summed E-state index contributed by atoms with van der Waals surface area (Å²) < 4.78 is 0. The highest BCUT2D eigenvalue weighted by Gasteiger charge is 2.27. The number of aromatic nitrogens is 2. The third kappa shape index (κ3) is 3.72. The van der Waals surface area contributed by atoms with Crippen molar-refractivity contribution in [3.05, 3.63) is 18.2 Å². The van der Waals surface area contributed by atoms with Crippen molar-refractivity contribution in [3.63, 3.8) is 0 Å². The number of carboxylic acids is 1. The number of urea groups is 1. The third-order valence-electron chi connectivity index (χ3n) is 3.69. The Bertz CT molecular complexity index is 452. The first-order valence-electron chi connectivity index (χ1n) is 6.79. The van der Waals surface area contributed by atoms with Gasteiger partial charge in [-0.2, -0.15) is 0 Å². The van der Waals surface area contributed by atoms with Gasteiger partial charge in [0, 0.05) is 25.5 Å². The molecule has 2 amide bonds. The first-order valence-corrected chi connectivity index (χ1v) is 6.79. The molecule has 20 heavy (non-hydrogen) atoms. The summed E-state index contributed by atoms with van der Waals surface area (Å²) in [5, 5.41) is 11.9. The summed E-state index contributed by atoms with van der Waals surface area (Å²) in [6.07, 6.45) is 6.06. The number of rotatable bonds is 4. The highest BCUT2D eigenvalue weighted by molar-refractivity contribution is 5.74. The van der Waals surface area contributed by atoms with Gasteiger partial charge in [0.25, 0.3) is 0 Å². The minimum atomic E-state index is -0.732. The lowest BCUT2D eigenvalue weighted by Crippen LogP contribution is -2.44. The zero-order valence-corrected chi connectivity index (χ0v) is 11.5. The van der Waals surface area contributed by atoms with Crippen molar-refractivity contribution in [2.45, 2.75) is 38.3 Å². The molecule has 1 aliphatic carbocycles. The number of hydrogen-bond acceptors (Lipinski definition) is 3. The topological polar surface area (TPSA) is 98.3 Å². The van der Waals surface area contributed by atoms with Crippen LogP contribution in [0.4, 0.5) is 4.79 Å². The number of hydrogen-bond donors (Lipinski definition) is 3. The van der Waals surface area contributed by atoms with E-state index in [1.54, 1.807) is 24.3 Å².